The van der Waals surface area contributed by atoms with E-state index in [1.165, 1.54) is 71.6 Å². The fourth-order valence-corrected chi connectivity index (χ4v) is 6.60. The minimum absolute atomic E-state index is 1.07. The maximum atomic E-state index is 2.46. The Morgan fingerprint density at radius 3 is 1.59 bits per heavy atom. The number of fused-ring (bicyclic) bond motifs is 5. The fourth-order valence-electron chi connectivity index (χ4n) is 6.60. The first-order valence-electron chi connectivity index (χ1n) is 13.8. The van der Waals surface area contributed by atoms with Gasteiger partial charge in [0.05, 0.1) is 5.52 Å². The van der Waals surface area contributed by atoms with Crippen molar-refractivity contribution in [2.45, 2.75) is 12.8 Å². The summed E-state index contributed by atoms with van der Waals surface area (Å²) >= 11 is 0. The first kappa shape index (κ1) is 22.1. The van der Waals surface area contributed by atoms with E-state index in [-0.39, 0.29) is 0 Å². The predicted molar refractivity (Wildman–Crippen MR) is 167 cm³/mol. The lowest BCUT2D eigenvalue weighted by atomic mass is 9.86. The Bertz CT molecular complexity index is 1980. The van der Waals surface area contributed by atoms with Gasteiger partial charge in [0.1, 0.15) is 0 Å². The van der Waals surface area contributed by atoms with Crippen LogP contribution in [-0.2, 0) is 6.42 Å². The zero-order valence-corrected chi connectivity index (χ0v) is 21.6. The summed E-state index contributed by atoms with van der Waals surface area (Å²) < 4.78 is 2.46. The minimum Gasteiger partial charge on any atom is -0.313 e. The molecule has 8 rings (SSSR count). The van der Waals surface area contributed by atoms with Gasteiger partial charge in [0.2, 0.25) is 0 Å². The van der Waals surface area contributed by atoms with Crippen LogP contribution >= 0.6 is 0 Å². The topological polar surface area (TPSA) is 4.93 Å². The van der Waals surface area contributed by atoms with Crippen molar-refractivity contribution in [3.63, 3.8) is 0 Å². The summed E-state index contributed by atoms with van der Waals surface area (Å²) in [7, 11) is 0. The van der Waals surface area contributed by atoms with Crippen LogP contribution in [0.4, 0.5) is 0 Å². The maximum Gasteiger partial charge on any atom is 0.0537 e. The molecule has 6 aromatic carbocycles. The minimum atomic E-state index is 1.07. The number of hydrogen-bond acceptors (Lipinski definition) is 0. The molecule has 0 amide bonds. The summed E-state index contributed by atoms with van der Waals surface area (Å²) in [4.78, 5) is 0. The molecular weight excluding hydrogens is 470 g/mol. The second-order valence-corrected chi connectivity index (χ2v) is 10.4. The van der Waals surface area contributed by atoms with Crippen LogP contribution < -0.4 is 0 Å². The highest BCUT2D eigenvalue weighted by Crippen LogP contribution is 2.44. The van der Waals surface area contributed by atoms with Crippen LogP contribution in [0.2, 0.25) is 0 Å². The van der Waals surface area contributed by atoms with Gasteiger partial charge in [-0.15, -0.1) is 0 Å². The van der Waals surface area contributed by atoms with Gasteiger partial charge < -0.3 is 4.57 Å². The standard InChI is InChI=1S/C38H27N/c1-2-12-26(13-3-1)37-31-16-4-6-18-33(31)38(34-19-7-5-17-32(34)37)27-22-24-28(25-23-27)39-35-20-10-8-14-29(35)30-15-9-11-21-36(30)39/h1-10,12-20,22-25H,11,21H2. The number of para-hydroxylation sites is 1. The monoisotopic (exact) mass is 497 g/mol. The molecule has 0 N–H and O–H groups in total. The van der Waals surface area contributed by atoms with Crippen molar-refractivity contribution in [1.29, 1.82) is 0 Å². The van der Waals surface area contributed by atoms with Crippen LogP contribution in [0, 0.1) is 0 Å². The van der Waals surface area contributed by atoms with E-state index in [0.29, 0.717) is 0 Å². The van der Waals surface area contributed by atoms with E-state index in [0.717, 1.165) is 12.8 Å². The second-order valence-electron chi connectivity index (χ2n) is 10.4. The molecule has 1 aliphatic rings. The van der Waals surface area contributed by atoms with Gasteiger partial charge in [-0.1, -0.05) is 121 Å². The van der Waals surface area contributed by atoms with Crippen molar-refractivity contribution in [3.8, 4) is 27.9 Å². The molecular formula is C38H27N. The van der Waals surface area contributed by atoms with Gasteiger partial charge in [-0.25, -0.2) is 0 Å². The molecule has 184 valence electrons. The van der Waals surface area contributed by atoms with Gasteiger partial charge >= 0.3 is 0 Å². The summed E-state index contributed by atoms with van der Waals surface area (Å²) in [5, 5.41) is 6.49. The summed E-state index contributed by atoms with van der Waals surface area (Å²) in [6.45, 7) is 0. The van der Waals surface area contributed by atoms with Crippen LogP contribution in [0.15, 0.2) is 133 Å². The van der Waals surface area contributed by atoms with E-state index in [4.69, 9.17) is 0 Å². The Morgan fingerprint density at radius 1 is 0.462 bits per heavy atom. The molecule has 0 unspecified atom stereocenters. The zero-order valence-electron chi connectivity index (χ0n) is 21.6. The third-order valence-electron chi connectivity index (χ3n) is 8.26. The van der Waals surface area contributed by atoms with Crippen LogP contribution in [0.1, 0.15) is 17.7 Å². The second kappa shape index (κ2) is 8.85. The molecule has 0 saturated carbocycles. The Balaban J connectivity index is 1.36. The number of aromatic nitrogens is 1. The van der Waals surface area contributed by atoms with Crippen molar-refractivity contribution in [2.24, 2.45) is 0 Å². The fraction of sp³-hybridized carbons (Fsp3) is 0.0526. The van der Waals surface area contributed by atoms with E-state index < -0.39 is 0 Å². The molecule has 0 bridgehead atoms. The molecule has 7 aromatic rings. The Hall–Kier alpha value is -4.88. The highest BCUT2D eigenvalue weighted by atomic mass is 15.0. The largest absolute Gasteiger partial charge is 0.313 e. The van der Waals surface area contributed by atoms with Crippen molar-refractivity contribution in [2.75, 3.05) is 0 Å². The summed E-state index contributed by atoms with van der Waals surface area (Å²) in [5.41, 5.74) is 10.4. The number of rotatable bonds is 3. The highest BCUT2D eigenvalue weighted by molar-refractivity contribution is 6.21. The average Bonchev–Trinajstić information content (AvgIpc) is 3.35. The molecule has 0 radical (unpaired) electrons. The number of benzene rings is 6. The molecule has 1 nitrogen and oxygen atoms in total. The van der Waals surface area contributed by atoms with Crippen molar-refractivity contribution < 1.29 is 0 Å². The van der Waals surface area contributed by atoms with E-state index in [1.807, 2.05) is 0 Å². The van der Waals surface area contributed by atoms with Crippen LogP contribution in [-0.4, -0.2) is 4.57 Å². The lowest BCUT2D eigenvalue weighted by Crippen LogP contribution is -2.02. The Kier molecular flexibility index (Phi) is 5.03. The first-order chi connectivity index (χ1) is 19.4. The highest BCUT2D eigenvalue weighted by Gasteiger charge is 2.19. The summed E-state index contributed by atoms with van der Waals surface area (Å²) in [5.74, 6) is 0. The molecule has 0 atom stereocenters. The van der Waals surface area contributed by atoms with Gasteiger partial charge in [-0.2, -0.15) is 0 Å². The van der Waals surface area contributed by atoms with Crippen molar-refractivity contribution >= 4 is 38.5 Å². The summed E-state index contributed by atoms with van der Waals surface area (Å²) in [6.07, 6.45) is 6.77. The van der Waals surface area contributed by atoms with Gasteiger partial charge in [0.25, 0.3) is 0 Å². The smallest absolute Gasteiger partial charge is 0.0537 e. The average molecular weight is 498 g/mol. The maximum absolute atomic E-state index is 2.46. The molecule has 1 heterocycles. The zero-order chi connectivity index (χ0) is 25.8. The predicted octanol–water partition coefficient (Wildman–Crippen LogP) is 10.2. The van der Waals surface area contributed by atoms with E-state index >= 15 is 0 Å². The molecule has 0 saturated heterocycles. The number of hydrogen-bond donors (Lipinski definition) is 0. The van der Waals surface area contributed by atoms with Gasteiger partial charge in [-0.05, 0) is 74.8 Å². The SMILES string of the molecule is C1=Cc2c(n(-c3ccc(-c4c5ccccc5c(-c5ccccc5)c5ccccc45)cc3)c3ccccc23)CC1. The quantitative estimate of drug-likeness (QED) is 0.214. The molecule has 39 heavy (non-hydrogen) atoms. The number of nitrogens with zero attached hydrogens (tertiary/aromatic N) is 1. The molecule has 1 aromatic heterocycles. The van der Waals surface area contributed by atoms with Gasteiger partial charge in [-0.3, -0.25) is 0 Å². The van der Waals surface area contributed by atoms with E-state index in [9.17, 15) is 0 Å². The van der Waals surface area contributed by atoms with Gasteiger partial charge in [0.15, 0.2) is 0 Å². The molecule has 0 fully saturated rings. The van der Waals surface area contributed by atoms with Crippen LogP contribution in [0.25, 0.3) is 66.5 Å². The van der Waals surface area contributed by atoms with Crippen molar-refractivity contribution in [1.82, 2.24) is 4.57 Å². The molecule has 0 spiro atoms. The third-order valence-corrected chi connectivity index (χ3v) is 8.26. The lowest BCUT2D eigenvalue weighted by Gasteiger charge is -2.18. The van der Waals surface area contributed by atoms with Crippen LogP contribution in [0.3, 0.4) is 0 Å². The van der Waals surface area contributed by atoms with Crippen LogP contribution in [0.5, 0.6) is 0 Å². The van der Waals surface area contributed by atoms with Gasteiger partial charge in [0, 0.05) is 22.3 Å². The van der Waals surface area contributed by atoms with E-state index in [2.05, 4.69) is 144 Å². The Labute approximate surface area is 228 Å². The summed E-state index contributed by atoms with van der Waals surface area (Å²) in [6, 6.07) is 46.5. The normalized spacial score (nSPS) is 12.8. The first-order valence-corrected chi connectivity index (χ1v) is 13.8. The lowest BCUT2D eigenvalue weighted by molar-refractivity contribution is 0.888. The van der Waals surface area contributed by atoms with E-state index in [1.54, 1.807) is 0 Å². The van der Waals surface area contributed by atoms with Crippen molar-refractivity contribution in [3.05, 3.63) is 145 Å². The third kappa shape index (κ3) is 3.40. The molecule has 0 aliphatic heterocycles. The molecule has 1 aliphatic carbocycles. The number of allylic oxidation sites excluding steroid dienone is 1. The Morgan fingerprint density at radius 2 is 0.974 bits per heavy atom. The molecule has 1 heteroatoms.